The van der Waals surface area contributed by atoms with E-state index in [-0.39, 0.29) is 16.9 Å². The lowest BCUT2D eigenvalue weighted by Gasteiger charge is -2.12. The highest BCUT2D eigenvalue weighted by atomic mass is 16.5. The predicted molar refractivity (Wildman–Crippen MR) is 76.4 cm³/mol. The monoisotopic (exact) mass is 286 g/mol. The highest BCUT2D eigenvalue weighted by Gasteiger charge is 2.16. The van der Waals surface area contributed by atoms with Gasteiger partial charge in [0.2, 0.25) is 0 Å². The molecule has 0 bridgehead atoms. The molecule has 108 valence electrons. The van der Waals surface area contributed by atoms with E-state index in [0.29, 0.717) is 5.75 Å². The Morgan fingerprint density at radius 2 is 1.62 bits per heavy atom. The molecule has 0 aromatic heterocycles. The van der Waals surface area contributed by atoms with E-state index < -0.39 is 11.9 Å². The summed E-state index contributed by atoms with van der Waals surface area (Å²) in [6, 6.07) is 9.22. The van der Waals surface area contributed by atoms with Crippen LogP contribution in [0.3, 0.4) is 0 Å². The van der Waals surface area contributed by atoms with Crippen molar-refractivity contribution >= 4 is 11.9 Å². The molecule has 0 saturated carbocycles. The zero-order valence-electron chi connectivity index (χ0n) is 11.6. The van der Waals surface area contributed by atoms with Crippen LogP contribution in [-0.2, 0) is 0 Å². The zero-order chi connectivity index (χ0) is 15.6. The van der Waals surface area contributed by atoms with Crippen molar-refractivity contribution in [1.82, 2.24) is 0 Å². The van der Waals surface area contributed by atoms with E-state index in [2.05, 4.69) is 0 Å². The smallest absolute Gasteiger partial charge is 0.339 e. The van der Waals surface area contributed by atoms with E-state index in [1.807, 2.05) is 26.0 Å². The lowest BCUT2D eigenvalue weighted by molar-refractivity contribution is 0.0678. The standard InChI is InChI=1S/C16H14O5/c1-9-3-4-10(2)13(7-9)21-14-8-11(15(17)18)5-6-12(14)16(19)20/h3-8H,1-2H3,(H,17,18)(H,19,20). The lowest BCUT2D eigenvalue weighted by atomic mass is 10.1. The minimum atomic E-state index is -1.17. The van der Waals surface area contributed by atoms with Crippen molar-refractivity contribution in [3.63, 3.8) is 0 Å². The van der Waals surface area contributed by atoms with Crippen LogP contribution in [0.5, 0.6) is 11.5 Å². The van der Waals surface area contributed by atoms with Crippen molar-refractivity contribution < 1.29 is 24.5 Å². The van der Waals surface area contributed by atoms with Crippen molar-refractivity contribution in [3.05, 3.63) is 58.7 Å². The van der Waals surface area contributed by atoms with Crippen molar-refractivity contribution in [2.24, 2.45) is 0 Å². The molecule has 0 fully saturated rings. The molecule has 0 heterocycles. The van der Waals surface area contributed by atoms with Gasteiger partial charge in [0.15, 0.2) is 0 Å². The van der Waals surface area contributed by atoms with Gasteiger partial charge in [-0.2, -0.15) is 0 Å². The van der Waals surface area contributed by atoms with Crippen molar-refractivity contribution in [2.75, 3.05) is 0 Å². The summed E-state index contributed by atoms with van der Waals surface area (Å²) in [5, 5.41) is 18.2. The van der Waals surface area contributed by atoms with Crippen LogP contribution in [0.25, 0.3) is 0 Å². The maximum atomic E-state index is 11.2. The summed E-state index contributed by atoms with van der Waals surface area (Å²) in [7, 11) is 0. The normalized spacial score (nSPS) is 10.2. The van der Waals surface area contributed by atoms with Gasteiger partial charge in [0.05, 0.1) is 5.56 Å². The van der Waals surface area contributed by atoms with E-state index in [0.717, 1.165) is 11.1 Å². The summed E-state index contributed by atoms with van der Waals surface area (Å²) >= 11 is 0. The van der Waals surface area contributed by atoms with Gasteiger partial charge < -0.3 is 14.9 Å². The molecule has 2 aromatic rings. The minimum absolute atomic E-state index is 0.0103. The van der Waals surface area contributed by atoms with E-state index >= 15 is 0 Å². The largest absolute Gasteiger partial charge is 0.478 e. The average Bonchev–Trinajstić information content (AvgIpc) is 2.42. The van der Waals surface area contributed by atoms with Gasteiger partial charge in [-0.05, 0) is 49.2 Å². The molecule has 21 heavy (non-hydrogen) atoms. The van der Waals surface area contributed by atoms with E-state index in [4.69, 9.17) is 14.9 Å². The van der Waals surface area contributed by atoms with Crippen LogP contribution in [0, 0.1) is 13.8 Å². The minimum Gasteiger partial charge on any atom is -0.478 e. The Morgan fingerprint density at radius 3 is 2.24 bits per heavy atom. The molecule has 0 radical (unpaired) electrons. The van der Waals surface area contributed by atoms with Gasteiger partial charge in [0.25, 0.3) is 0 Å². The van der Waals surface area contributed by atoms with E-state index in [1.54, 1.807) is 6.07 Å². The molecule has 0 saturated heterocycles. The van der Waals surface area contributed by atoms with Gasteiger partial charge >= 0.3 is 11.9 Å². The van der Waals surface area contributed by atoms with Gasteiger partial charge in [0.1, 0.15) is 17.1 Å². The molecule has 0 atom stereocenters. The van der Waals surface area contributed by atoms with Crippen LogP contribution in [0.4, 0.5) is 0 Å². The number of rotatable bonds is 4. The molecular weight excluding hydrogens is 272 g/mol. The summed E-state index contributed by atoms with van der Waals surface area (Å²) in [6.45, 7) is 3.72. The van der Waals surface area contributed by atoms with Crippen LogP contribution >= 0.6 is 0 Å². The Balaban J connectivity index is 2.50. The van der Waals surface area contributed by atoms with Crippen LogP contribution in [0.15, 0.2) is 36.4 Å². The first-order chi connectivity index (χ1) is 9.88. The third kappa shape index (κ3) is 3.20. The first kappa shape index (κ1) is 14.6. The molecule has 5 nitrogen and oxygen atoms in total. The zero-order valence-corrected chi connectivity index (χ0v) is 11.6. The van der Waals surface area contributed by atoms with Gasteiger partial charge in [0, 0.05) is 0 Å². The Morgan fingerprint density at radius 1 is 0.905 bits per heavy atom. The SMILES string of the molecule is Cc1ccc(C)c(Oc2cc(C(=O)O)ccc2C(=O)O)c1. The molecule has 0 aliphatic heterocycles. The second-order valence-electron chi connectivity index (χ2n) is 4.69. The Labute approximate surface area is 121 Å². The number of hydrogen-bond donors (Lipinski definition) is 2. The lowest BCUT2D eigenvalue weighted by Crippen LogP contribution is -2.04. The number of carboxylic acids is 2. The van der Waals surface area contributed by atoms with Gasteiger partial charge in [-0.25, -0.2) is 9.59 Å². The fourth-order valence-corrected chi connectivity index (χ4v) is 1.85. The number of ether oxygens (including phenoxy) is 1. The molecule has 5 heteroatoms. The quantitative estimate of drug-likeness (QED) is 0.898. The Hall–Kier alpha value is -2.82. The van der Waals surface area contributed by atoms with E-state index in [9.17, 15) is 9.59 Å². The average molecular weight is 286 g/mol. The maximum Gasteiger partial charge on any atom is 0.339 e. The van der Waals surface area contributed by atoms with Gasteiger partial charge in [-0.15, -0.1) is 0 Å². The number of aromatic carboxylic acids is 2. The number of carboxylic acid groups (broad SMARTS) is 2. The van der Waals surface area contributed by atoms with Crippen LogP contribution < -0.4 is 4.74 Å². The molecule has 0 amide bonds. The first-order valence-corrected chi connectivity index (χ1v) is 6.24. The maximum absolute atomic E-state index is 11.2. The summed E-state index contributed by atoms with van der Waals surface area (Å²) in [4.78, 5) is 22.2. The molecule has 2 aromatic carbocycles. The second kappa shape index (κ2) is 5.66. The Kier molecular flexibility index (Phi) is 3.93. The Bertz CT molecular complexity index is 719. The second-order valence-corrected chi connectivity index (χ2v) is 4.69. The predicted octanol–water partition coefficient (Wildman–Crippen LogP) is 3.49. The number of benzene rings is 2. The summed E-state index contributed by atoms with van der Waals surface area (Å²) in [5.74, 6) is -1.80. The molecule has 2 rings (SSSR count). The topological polar surface area (TPSA) is 83.8 Å². The van der Waals surface area contributed by atoms with Crippen LogP contribution in [0.1, 0.15) is 31.8 Å². The molecule has 0 aliphatic carbocycles. The fourth-order valence-electron chi connectivity index (χ4n) is 1.85. The first-order valence-electron chi connectivity index (χ1n) is 6.24. The number of carbonyl (C=O) groups is 2. The fraction of sp³-hybridized carbons (Fsp3) is 0.125. The molecular formula is C16H14O5. The van der Waals surface area contributed by atoms with Crippen LogP contribution in [-0.4, -0.2) is 22.2 Å². The summed E-state index contributed by atoms with van der Waals surface area (Å²) in [6.07, 6.45) is 0. The van der Waals surface area contributed by atoms with Crippen molar-refractivity contribution in [3.8, 4) is 11.5 Å². The highest BCUT2D eigenvalue weighted by molar-refractivity contribution is 5.94. The molecule has 0 unspecified atom stereocenters. The van der Waals surface area contributed by atoms with E-state index in [1.165, 1.54) is 18.2 Å². The third-order valence-electron chi connectivity index (χ3n) is 3.02. The molecule has 2 N–H and O–H groups in total. The third-order valence-corrected chi connectivity index (χ3v) is 3.02. The summed E-state index contributed by atoms with van der Waals surface area (Å²) < 4.78 is 5.63. The summed E-state index contributed by atoms with van der Waals surface area (Å²) in [5.41, 5.74) is 1.68. The van der Waals surface area contributed by atoms with Crippen LogP contribution in [0.2, 0.25) is 0 Å². The van der Waals surface area contributed by atoms with Gasteiger partial charge in [-0.1, -0.05) is 12.1 Å². The van der Waals surface area contributed by atoms with Crippen molar-refractivity contribution in [1.29, 1.82) is 0 Å². The van der Waals surface area contributed by atoms with Gasteiger partial charge in [-0.3, -0.25) is 0 Å². The molecule has 0 spiro atoms. The highest BCUT2D eigenvalue weighted by Crippen LogP contribution is 2.29. The molecule has 0 aliphatic rings. The van der Waals surface area contributed by atoms with Crippen molar-refractivity contribution in [2.45, 2.75) is 13.8 Å². The number of aryl methyl sites for hydroxylation is 2. The number of hydrogen-bond acceptors (Lipinski definition) is 3.